The molecule has 0 aliphatic carbocycles. The van der Waals surface area contributed by atoms with Crippen molar-refractivity contribution in [1.29, 1.82) is 0 Å². The van der Waals surface area contributed by atoms with Crippen molar-refractivity contribution in [2.24, 2.45) is 5.73 Å². The zero-order valence-electron chi connectivity index (χ0n) is 11.3. The molecule has 2 atom stereocenters. The molecule has 1 aliphatic rings. The Morgan fingerprint density at radius 2 is 1.69 bits per heavy atom. The van der Waals surface area contributed by atoms with Crippen molar-refractivity contribution in [2.75, 3.05) is 6.54 Å². The summed E-state index contributed by atoms with van der Waals surface area (Å²) < 4.78 is 5.38. The second kappa shape index (κ2) is 14.5. The van der Waals surface area contributed by atoms with E-state index in [1.54, 1.807) is 6.08 Å². The van der Waals surface area contributed by atoms with Gasteiger partial charge in [-0.25, -0.2) is 0 Å². The fourth-order valence-electron chi connectivity index (χ4n) is 1.14. The van der Waals surface area contributed by atoms with E-state index in [-0.39, 0.29) is 12.2 Å². The number of aliphatic hydroxyl groups excluding tert-OH is 1. The molecule has 1 rings (SSSR count). The Labute approximate surface area is 101 Å². The van der Waals surface area contributed by atoms with Crippen LogP contribution in [0.5, 0.6) is 0 Å². The Kier molecular flexibility index (Phi) is 16.1. The van der Waals surface area contributed by atoms with Crippen LogP contribution in [0.4, 0.5) is 0 Å². The molecule has 98 valence electrons. The molecule has 2 unspecified atom stereocenters. The van der Waals surface area contributed by atoms with E-state index in [0.717, 1.165) is 19.1 Å². The summed E-state index contributed by atoms with van der Waals surface area (Å²) >= 11 is 0. The van der Waals surface area contributed by atoms with E-state index in [4.69, 9.17) is 15.6 Å². The standard InChI is InChI=1S/C7H13NO2.2C3H8/c8-5-7-2-1-6(10-7)3-4-9;2*1-3-2/h3-4,6-7,9H,1-2,5,8H2;2*3H2,1-2H3/b4-3+;;. The molecule has 0 amide bonds. The lowest BCUT2D eigenvalue weighted by molar-refractivity contribution is 0.0758. The zero-order valence-corrected chi connectivity index (χ0v) is 11.3. The average Bonchev–Trinajstić information content (AvgIpc) is 2.69. The van der Waals surface area contributed by atoms with Gasteiger partial charge in [-0.2, -0.15) is 0 Å². The van der Waals surface area contributed by atoms with E-state index in [0.29, 0.717) is 6.54 Å². The molecule has 0 saturated carbocycles. The van der Waals surface area contributed by atoms with Crippen LogP contribution in [0.2, 0.25) is 0 Å². The summed E-state index contributed by atoms with van der Waals surface area (Å²) in [5.41, 5.74) is 5.38. The van der Waals surface area contributed by atoms with Crippen molar-refractivity contribution in [3.8, 4) is 0 Å². The Balaban J connectivity index is 0. The maximum absolute atomic E-state index is 8.39. The van der Waals surface area contributed by atoms with Gasteiger partial charge in [0.05, 0.1) is 18.5 Å². The predicted molar refractivity (Wildman–Crippen MR) is 70.6 cm³/mol. The average molecular weight is 231 g/mol. The van der Waals surface area contributed by atoms with Crippen LogP contribution >= 0.6 is 0 Å². The smallest absolute Gasteiger partial charge is 0.0793 e. The first kappa shape index (κ1) is 17.8. The highest BCUT2D eigenvalue weighted by atomic mass is 16.5. The van der Waals surface area contributed by atoms with Crippen LogP contribution in [0.15, 0.2) is 12.3 Å². The molecule has 0 aromatic carbocycles. The van der Waals surface area contributed by atoms with Gasteiger partial charge < -0.3 is 15.6 Å². The first-order valence-corrected chi connectivity index (χ1v) is 6.36. The molecule has 3 N–H and O–H groups in total. The third kappa shape index (κ3) is 11.5. The van der Waals surface area contributed by atoms with Crippen LogP contribution in [0.1, 0.15) is 53.4 Å². The first-order chi connectivity index (χ1) is 7.69. The van der Waals surface area contributed by atoms with Gasteiger partial charge in [-0.3, -0.25) is 0 Å². The van der Waals surface area contributed by atoms with Gasteiger partial charge in [0.15, 0.2) is 0 Å². The summed E-state index contributed by atoms with van der Waals surface area (Å²) in [4.78, 5) is 0. The third-order valence-corrected chi connectivity index (χ3v) is 1.70. The van der Waals surface area contributed by atoms with E-state index in [9.17, 15) is 0 Å². The second-order valence-corrected chi connectivity index (χ2v) is 3.87. The highest BCUT2D eigenvalue weighted by Crippen LogP contribution is 2.19. The number of rotatable bonds is 2. The summed E-state index contributed by atoms with van der Waals surface area (Å²) in [6, 6.07) is 0. The minimum absolute atomic E-state index is 0.0820. The number of hydrogen-bond acceptors (Lipinski definition) is 3. The molecule has 1 saturated heterocycles. The molecular weight excluding hydrogens is 202 g/mol. The normalized spacial score (nSPS) is 23.3. The molecule has 16 heavy (non-hydrogen) atoms. The van der Waals surface area contributed by atoms with Crippen LogP contribution in [0.25, 0.3) is 0 Å². The first-order valence-electron chi connectivity index (χ1n) is 6.36. The van der Waals surface area contributed by atoms with Crippen molar-refractivity contribution in [1.82, 2.24) is 0 Å². The van der Waals surface area contributed by atoms with Crippen LogP contribution < -0.4 is 5.73 Å². The summed E-state index contributed by atoms with van der Waals surface area (Å²) in [5.74, 6) is 0. The Bertz CT molecular complexity index is 147. The van der Waals surface area contributed by atoms with Crippen molar-refractivity contribution >= 4 is 0 Å². The van der Waals surface area contributed by atoms with Crippen molar-refractivity contribution in [3.05, 3.63) is 12.3 Å². The summed E-state index contributed by atoms with van der Waals surface area (Å²) in [7, 11) is 0. The number of aliphatic hydroxyl groups is 1. The van der Waals surface area contributed by atoms with Gasteiger partial charge in [0.2, 0.25) is 0 Å². The highest BCUT2D eigenvalue weighted by molar-refractivity contribution is 4.88. The molecule has 0 aromatic rings. The largest absolute Gasteiger partial charge is 0.516 e. The summed E-state index contributed by atoms with van der Waals surface area (Å²) in [6.45, 7) is 9.08. The Morgan fingerprint density at radius 3 is 2.00 bits per heavy atom. The van der Waals surface area contributed by atoms with E-state index < -0.39 is 0 Å². The summed E-state index contributed by atoms with van der Waals surface area (Å²) in [6.07, 6.45) is 7.43. The Hall–Kier alpha value is -0.540. The van der Waals surface area contributed by atoms with Crippen LogP contribution in [0, 0.1) is 0 Å². The quantitative estimate of drug-likeness (QED) is 0.716. The molecular formula is C13H29NO2. The lowest BCUT2D eigenvalue weighted by Crippen LogP contribution is -2.19. The van der Waals surface area contributed by atoms with Crippen molar-refractivity contribution in [3.63, 3.8) is 0 Å². The van der Waals surface area contributed by atoms with Crippen LogP contribution in [-0.2, 0) is 4.74 Å². The lowest BCUT2D eigenvalue weighted by Gasteiger charge is -2.06. The van der Waals surface area contributed by atoms with E-state index in [2.05, 4.69) is 27.7 Å². The number of ether oxygens (including phenoxy) is 1. The molecule has 1 aliphatic heterocycles. The van der Waals surface area contributed by atoms with Crippen molar-refractivity contribution in [2.45, 2.75) is 65.6 Å². The maximum Gasteiger partial charge on any atom is 0.0793 e. The SMILES string of the molecule is CCC.CCC.NCC1CCC(/C=C/O)O1. The molecule has 0 spiro atoms. The second-order valence-electron chi connectivity index (χ2n) is 3.87. The monoisotopic (exact) mass is 231 g/mol. The van der Waals surface area contributed by atoms with Gasteiger partial charge >= 0.3 is 0 Å². The molecule has 0 radical (unpaired) electrons. The molecule has 3 heteroatoms. The van der Waals surface area contributed by atoms with Gasteiger partial charge in [-0.15, -0.1) is 0 Å². The van der Waals surface area contributed by atoms with E-state index in [1.165, 1.54) is 12.8 Å². The lowest BCUT2D eigenvalue weighted by atomic mass is 10.2. The maximum atomic E-state index is 8.39. The van der Waals surface area contributed by atoms with Gasteiger partial charge in [-0.1, -0.05) is 40.5 Å². The van der Waals surface area contributed by atoms with Crippen LogP contribution in [0.3, 0.4) is 0 Å². The van der Waals surface area contributed by atoms with Crippen LogP contribution in [-0.4, -0.2) is 23.9 Å². The Morgan fingerprint density at radius 1 is 1.19 bits per heavy atom. The molecule has 3 nitrogen and oxygen atoms in total. The fourth-order valence-corrected chi connectivity index (χ4v) is 1.14. The minimum atomic E-state index is 0.0820. The molecule has 0 bridgehead atoms. The van der Waals surface area contributed by atoms with E-state index in [1.807, 2.05) is 0 Å². The van der Waals surface area contributed by atoms with Gasteiger partial charge in [0.25, 0.3) is 0 Å². The fraction of sp³-hybridized carbons (Fsp3) is 0.846. The zero-order chi connectivity index (χ0) is 12.8. The molecule has 1 fully saturated rings. The predicted octanol–water partition coefficient (Wildman–Crippen LogP) is 3.40. The summed E-state index contributed by atoms with van der Waals surface area (Å²) in [5, 5.41) is 8.39. The van der Waals surface area contributed by atoms with E-state index >= 15 is 0 Å². The third-order valence-electron chi connectivity index (χ3n) is 1.70. The van der Waals surface area contributed by atoms with Gasteiger partial charge in [0.1, 0.15) is 0 Å². The molecule has 1 heterocycles. The highest BCUT2D eigenvalue weighted by Gasteiger charge is 2.21. The van der Waals surface area contributed by atoms with Gasteiger partial charge in [0, 0.05) is 6.54 Å². The number of hydrogen-bond donors (Lipinski definition) is 2. The van der Waals surface area contributed by atoms with Crippen molar-refractivity contribution < 1.29 is 9.84 Å². The topological polar surface area (TPSA) is 55.5 Å². The number of nitrogens with two attached hydrogens (primary N) is 1. The molecule has 0 aromatic heterocycles. The van der Waals surface area contributed by atoms with Gasteiger partial charge in [-0.05, 0) is 18.9 Å². The minimum Gasteiger partial charge on any atom is -0.516 e.